The molecule has 2 aliphatic rings. The quantitative estimate of drug-likeness (QED) is 0.482. The molecular formula is C27H23FN4OS. The number of hydrogen-bond acceptors (Lipinski definition) is 5. The van der Waals surface area contributed by atoms with Crippen molar-refractivity contribution in [3.05, 3.63) is 93.9 Å². The minimum absolute atomic E-state index is 0.0447. The van der Waals surface area contributed by atoms with Crippen LogP contribution in [0.5, 0.6) is 0 Å². The molecule has 0 fully saturated rings. The number of hydrazone groups is 1. The number of hydrogen-bond donors (Lipinski definition) is 0. The number of aryl methyl sites for hydroxylation is 3. The van der Waals surface area contributed by atoms with Gasteiger partial charge >= 0.3 is 0 Å². The van der Waals surface area contributed by atoms with Crippen LogP contribution in [-0.4, -0.2) is 27.4 Å². The average molecular weight is 471 g/mol. The maximum absolute atomic E-state index is 13.7. The van der Waals surface area contributed by atoms with Crippen LogP contribution in [0.2, 0.25) is 0 Å². The molecule has 0 unspecified atom stereocenters. The molecule has 0 N–H and O–H groups in total. The first-order valence-corrected chi connectivity index (χ1v) is 12.2. The Balaban J connectivity index is 1.48. The van der Waals surface area contributed by atoms with Crippen LogP contribution in [0.3, 0.4) is 0 Å². The number of fused-ring (bicyclic) bond motifs is 3. The first-order valence-electron chi connectivity index (χ1n) is 11.2. The van der Waals surface area contributed by atoms with E-state index in [4.69, 9.17) is 5.10 Å². The minimum atomic E-state index is -0.310. The molecule has 1 aliphatic carbocycles. The van der Waals surface area contributed by atoms with Crippen molar-refractivity contribution in [3.63, 3.8) is 0 Å². The summed E-state index contributed by atoms with van der Waals surface area (Å²) in [5.74, 6) is -0.324. The van der Waals surface area contributed by atoms with E-state index in [9.17, 15) is 14.4 Å². The van der Waals surface area contributed by atoms with Crippen LogP contribution < -0.4 is 0 Å². The highest BCUT2D eigenvalue weighted by Gasteiger charge is 2.43. The number of rotatable bonds is 4. The maximum atomic E-state index is 13.7. The SMILES string of the molecule is Cc1cc(C)c(C#N)c(SCC(=O)N2N=C3c4ccccc4CC[C@@H]3[C@H]2c2ccc(F)cc2)n1. The molecule has 0 spiro atoms. The van der Waals surface area contributed by atoms with Gasteiger partial charge in [0.1, 0.15) is 16.9 Å². The Morgan fingerprint density at radius 1 is 1.21 bits per heavy atom. The minimum Gasteiger partial charge on any atom is -0.272 e. The second-order valence-corrected chi connectivity index (χ2v) is 9.65. The number of nitrogens with zero attached hydrogens (tertiary/aromatic N) is 4. The summed E-state index contributed by atoms with van der Waals surface area (Å²) < 4.78 is 13.7. The molecule has 2 atom stereocenters. The van der Waals surface area contributed by atoms with E-state index < -0.39 is 0 Å². The summed E-state index contributed by atoms with van der Waals surface area (Å²) in [7, 11) is 0. The smallest absolute Gasteiger partial charge is 0.253 e. The molecular weight excluding hydrogens is 447 g/mol. The van der Waals surface area contributed by atoms with Gasteiger partial charge in [0.15, 0.2) is 0 Å². The van der Waals surface area contributed by atoms with E-state index in [1.54, 1.807) is 17.1 Å². The highest BCUT2D eigenvalue weighted by molar-refractivity contribution is 8.00. The van der Waals surface area contributed by atoms with Gasteiger partial charge in [-0.3, -0.25) is 4.79 Å². The van der Waals surface area contributed by atoms with Crippen LogP contribution in [-0.2, 0) is 11.2 Å². The summed E-state index contributed by atoms with van der Waals surface area (Å²) in [6, 6.07) is 18.3. The molecule has 7 heteroatoms. The Kier molecular flexibility index (Phi) is 5.93. The Morgan fingerprint density at radius 2 is 1.97 bits per heavy atom. The van der Waals surface area contributed by atoms with Crippen molar-refractivity contribution in [1.29, 1.82) is 5.26 Å². The summed E-state index contributed by atoms with van der Waals surface area (Å²) in [6.07, 6.45) is 1.78. The van der Waals surface area contributed by atoms with Gasteiger partial charge in [0.2, 0.25) is 0 Å². The first-order chi connectivity index (χ1) is 16.5. The third-order valence-electron chi connectivity index (χ3n) is 6.45. The van der Waals surface area contributed by atoms with Gasteiger partial charge in [-0.15, -0.1) is 0 Å². The van der Waals surface area contributed by atoms with Crippen molar-refractivity contribution in [3.8, 4) is 6.07 Å². The van der Waals surface area contributed by atoms with Crippen LogP contribution in [0, 0.1) is 36.9 Å². The monoisotopic (exact) mass is 470 g/mol. The third-order valence-corrected chi connectivity index (χ3v) is 7.41. The number of aromatic nitrogens is 1. The number of pyridine rings is 1. The van der Waals surface area contributed by atoms with Crippen molar-refractivity contribution < 1.29 is 9.18 Å². The lowest BCUT2D eigenvalue weighted by molar-refractivity contribution is -0.130. The van der Waals surface area contributed by atoms with Crippen LogP contribution in [0.4, 0.5) is 4.39 Å². The van der Waals surface area contributed by atoms with Crippen molar-refractivity contribution in [2.75, 3.05) is 5.75 Å². The van der Waals surface area contributed by atoms with E-state index in [0.29, 0.717) is 10.6 Å². The Morgan fingerprint density at radius 3 is 2.74 bits per heavy atom. The fraction of sp³-hybridized carbons (Fsp3) is 0.259. The third kappa shape index (κ3) is 3.99. The zero-order chi connectivity index (χ0) is 23.8. The van der Waals surface area contributed by atoms with Gasteiger partial charge in [-0.1, -0.05) is 48.2 Å². The fourth-order valence-electron chi connectivity index (χ4n) is 4.90. The molecule has 2 aromatic carbocycles. The molecule has 3 aromatic rings. The number of carbonyl (C=O) groups is 1. The molecule has 0 bridgehead atoms. The zero-order valence-corrected chi connectivity index (χ0v) is 19.8. The zero-order valence-electron chi connectivity index (χ0n) is 19.0. The van der Waals surface area contributed by atoms with Crippen LogP contribution in [0.1, 0.15) is 46.0 Å². The summed E-state index contributed by atoms with van der Waals surface area (Å²) in [5, 5.41) is 16.5. The highest BCUT2D eigenvalue weighted by Crippen LogP contribution is 2.43. The molecule has 0 radical (unpaired) electrons. The molecule has 34 heavy (non-hydrogen) atoms. The van der Waals surface area contributed by atoms with Gasteiger partial charge in [0.25, 0.3) is 5.91 Å². The number of nitriles is 1. The average Bonchev–Trinajstić information content (AvgIpc) is 3.23. The predicted octanol–water partition coefficient (Wildman–Crippen LogP) is 5.35. The van der Waals surface area contributed by atoms with E-state index in [1.807, 2.05) is 32.0 Å². The van der Waals surface area contributed by atoms with Gasteiger partial charge < -0.3 is 0 Å². The lowest BCUT2D eigenvalue weighted by Gasteiger charge is -2.29. The van der Waals surface area contributed by atoms with Gasteiger partial charge in [-0.05, 0) is 61.6 Å². The summed E-state index contributed by atoms with van der Waals surface area (Å²) in [5.41, 5.74) is 6.24. The van der Waals surface area contributed by atoms with Crippen molar-refractivity contribution in [2.45, 2.75) is 37.8 Å². The molecule has 0 saturated carbocycles. The van der Waals surface area contributed by atoms with Crippen LogP contribution in [0.15, 0.2) is 64.7 Å². The largest absolute Gasteiger partial charge is 0.272 e. The van der Waals surface area contributed by atoms with Gasteiger partial charge in [0.05, 0.1) is 23.1 Å². The fourth-order valence-corrected chi connectivity index (χ4v) is 5.86. The number of amides is 1. The molecule has 1 amide bonds. The molecule has 2 heterocycles. The van der Waals surface area contributed by atoms with Gasteiger partial charge in [-0.2, -0.15) is 10.4 Å². The molecule has 1 aliphatic heterocycles. The van der Waals surface area contributed by atoms with Crippen LogP contribution in [0.25, 0.3) is 0 Å². The van der Waals surface area contributed by atoms with Crippen molar-refractivity contribution >= 4 is 23.4 Å². The number of benzene rings is 2. The standard InChI is InChI=1S/C27H23FN4OS/c1-16-13-17(2)30-27(23(16)14-29)34-15-24(33)32-26(19-7-10-20(28)11-8-19)22-12-9-18-5-3-4-6-21(18)25(22)31-32/h3-8,10-11,13,22,26H,9,12,15H2,1-2H3/t22-,26+/m0/s1. The number of halogens is 1. The van der Waals surface area contributed by atoms with Crippen molar-refractivity contribution in [1.82, 2.24) is 9.99 Å². The molecule has 5 nitrogen and oxygen atoms in total. The normalized spacial score (nSPS) is 18.6. The molecule has 1 aromatic heterocycles. The predicted molar refractivity (Wildman–Crippen MR) is 130 cm³/mol. The summed E-state index contributed by atoms with van der Waals surface area (Å²) >= 11 is 1.26. The lowest BCUT2D eigenvalue weighted by Crippen LogP contribution is -2.33. The van der Waals surface area contributed by atoms with Gasteiger partial charge in [-0.25, -0.2) is 14.4 Å². The second-order valence-electron chi connectivity index (χ2n) is 8.68. The van der Waals surface area contributed by atoms with E-state index in [1.165, 1.54) is 29.5 Å². The molecule has 5 rings (SSSR count). The van der Waals surface area contributed by atoms with E-state index in [0.717, 1.165) is 40.9 Å². The lowest BCUT2D eigenvalue weighted by atomic mass is 9.77. The molecule has 170 valence electrons. The Bertz CT molecular complexity index is 1350. The van der Waals surface area contributed by atoms with Crippen molar-refractivity contribution in [2.24, 2.45) is 11.0 Å². The van der Waals surface area contributed by atoms with E-state index >= 15 is 0 Å². The summed E-state index contributed by atoms with van der Waals surface area (Å²) in [4.78, 5) is 18.0. The topological polar surface area (TPSA) is 69.3 Å². The maximum Gasteiger partial charge on any atom is 0.253 e. The Hall–Kier alpha value is -3.50. The second kappa shape index (κ2) is 9.03. The number of thioether (sulfide) groups is 1. The Labute approximate surface area is 202 Å². The highest BCUT2D eigenvalue weighted by atomic mass is 32.2. The van der Waals surface area contributed by atoms with Gasteiger partial charge in [0, 0.05) is 17.2 Å². The molecule has 0 saturated heterocycles. The first kappa shape index (κ1) is 22.3. The van der Waals surface area contributed by atoms with Crippen LogP contribution >= 0.6 is 11.8 Å². The number of carbonyl (C=O) groups excluding carboxylic acids is 1. The van der Waals surface area contributed by atoms with E-state index in [-0.39, 0.29) is 29.4 Å². The van der Waals surface area contributed by atoms with E-state index in [2.05, 4.69) is 23.2 Å². The summed E-state index contributed by atoms with van der Waals surface area (Å²) in [6.45, 7) is 3.75.